The number of nitrogens with zero attached hydrogens (tertiary/aromatic N) is 1. The Morgan fingerprint density at radius 1 is 1.02 bits per heavy atom. The zero-order valence-electron chi connectivity index (χ0n) is 22.5. The molecule has 0 aliphatic carbocycles. The largest absolute Gasteiger partial charge is 0.504 e. The molecule has 3 aromatic rings. The van der Waals surface area contributed by atoms with Gasteiger partial charge in [0.05, 0.1) is 13.4 Å². The molecule has 1 unspecified atom stereocenters. The van der Waals surface area contributed by atoms with Crippen LogP contribution in [0.5, 0.6) is 11.5 Å². The number of aliphatic carboxylic acids is 1. The monoisotopic (exact) mass is 581 g/mol. The second-order valence-electron chi connectivity index (χ2n) is 9.75. The molecule has 0 radical (unpaired) electrons. The van der Waals surface area contributed by atoms with E-state index in [0.717, 1.165) is 21.7 Å². The van der Waals surface area contributed by atoms with Crippen LogP contribution in [0.2, 0.25) is 0 Å². The van der Waals surface area contributed by atoms with Gasteiger partial charge in [0.25, 0.3) is 5.91 Å². The third-order valence-corrected chi connectivity index (χ3v) is 8.15. The molecule has 12 heteroatoms. The topological polar surface area (TPSA) is 162 Å². The molecule has 0 saturated carbocycles. The molecule has 41 heavy (non-hydrogen) atoms. The molecule has 1 saturated heterocycles. The van der Waals surface area contributed by atoms with E-state index in [1.807, 2.05) is 0 Å². The number of carbonyl (C=O) groups is 3. The van der Waals surface area contributed by atoms with Crippen LogP contribution in [0.3, 0.4) is 0 Å². The van der Waals surface area contributed by atoms with Crippen LogP contribution >= 0.6 is 0 Å². The zero-order chi connectivity index (χ0) is 29.7. The van der Waals surface area contributed by atoms with Gasteiger partial charge < -0.3 is 25.6 Å². The highest BCUT2D eigenvalue weighted by Gasteiger charge is 2.37. The van der Waals surface area contributed by atoms with Crippen molar-refractivity contribution in [2.24, 2.45) is 0 Å². The van der Waals surface area contributed by atoms with Gasteiger partial charge in [-0.1, -0.05) is 30.3 Å². The molecule has 4 rings (SSSR count). The summed E-state index contributed by atoms with van der Waals surface area (Å²) in [5.74, 6) is -1.84. The number of amides is 2. The first-order valence-corrected chi connectivity index (χ1v) is 14.7. The van der Waals surface area contributed by atoms with Gasteiger partial charge in [-0.2, -0.15) is 4.31 Å². The van der Waals surface area contributed by atoms with E-state index in [-0.39, 0.29) is 24.6 Å². The highest BCUT2D eigenvalue weighted by molar-refractivity contribution is 7.88. The highest BCUT2D eigenvalue weighted by Crippen LogP contribution is 2.31. The average molecular weight is 582 g/mol. The van der Waals surface area contributed by atoms with E-state index in [1.54, 1.807) is 60.7 Å². The minimum Gasteiger partial charge on any atom is -0.504 e. The number of ether oxygens (including phenoxy) is 1. The van der Waals surface area contributed by atoms with E-state index in [1.165, 1.54) is 13.2 Å². The second-order valence-corrected chi connectivity index (χ2v) is 11.7. The number of benzene rings is 3. The van der Waals surface area contributed by atoms with E-state index >= 15 is 0 Å². The number of carbonyl (C=O) groups excluding carboxylic acids is 2. The van der Waals surface area contributed by atoms with E-state index in [9.17, 15) is 33.0 Å². The fraction of sp³-hybridized carbons (Fsp3) is 0.276. The van der Waals surface area contributed by atoms with Crippen molar-refractivity contribution in [1.82, 2.24) is 9.62 Å². The Morgan fingerprint density at radius 3 is 2.29 bits per heavy atom. The number of phenols is 1. The van der Waals surface area contributed by atoms with Gasteiger partial charge in [0.2, 0.25) is 15.9 Å². The van der Waals surface area contributed by atoms with Crippen molar-refractivity contribution in [3.63, 3.8) is 0 Å². The Kier molecular flexibility index (Phi) is 8.94. The zero-order valence-corrected chi connectivity index (χ0v) is 23.3. The van der Waals surface area contributed by atoms with Gasteiger partial charge in [-0.25, -0.2) is 13.2 Å². The van der Waals surface area contributed by atoms with E-state index < -0.39 is 34.0 Å². The fourth-order valence-corrected chi connectivity index (χ4v) is 5.83. The summed E-state index contributed by atoms with van der Waals surface area (Å²) in [4.78, 5) is 37.3. The number of hydrogen-bond acceptors (Lipinski definition) is 7. The summed E-state index contributed by atoms with van der Waals surface area (Å²) in [6, 6.07) is 16.3. The van der Waals surface area contributed by atoms with Gasteiger partial charge in [-0.15, -0.1) is 0 Å². The highest BCUT2D eigenvalue weighted by atomic mass is 32.2. The summed E-state index contributed by atoms with van der Waals surface area (Å²) in [6.07, 6.45) is 1.85. The lowest BCUT2D eigenvalue weighted by atomic mass is 10.0. The minimum absolute atomic E-state index is 0.0234. The molecule has 0 aromatic heterocycles. The molecule has 1 aliphatic heterocycles. The molecule has 0 spiro atoms. The number of sulfonamides is 1. The van der Waals surface area contributed by atoms with Crippen LogP contribution in [0.25, 0.3) is 11.1 Å². The van der Waals surface area contributed by atoms with Gasteiger partial charge in [0.1, 0.15) is 12.1 Å². The summed E-state index contributed by atoms with van der Waals surface area (Å²) < 4.78 is 30.1. The molecular formula is C29H31N3O8S. The average Bonchev–Trinajstić information content (AvgIpc) is 3.45. The Labute approximate surface area is 237 Å². The Balaban J connectivity index is 1.37. The molecule has 2 atom stereocenters. The van der Waals surface area contributed by atoms with Crippen molar-refractivity contribution in [2.45, 2.75) is 31.3 Å². The van der Waals surface area contributed by atoms with Crippen LogP contribution in [0.4, 0.5) is 5.69 Å². The molecule has 1 fully saturated rings. The second kappa shape index (κ2) is 12.4. The maximum atomic E-state index is 12.8. The minimum atomic E-state index is -3.59. The lowest BCUT2D eigenvalue weighted by molar-refractivity contribution is -0.142. The normalized spacial score (nSPS) is 16.1. The molecule has 216 valence electrons. The first kappa shape index (κ1) is 29.6. The van der Waals surface area contributed by atoms with Crippen molar-refractivity contribution in [1.29, 1.82) is 0 Å². The predicted octanol–water partition coefficient (Wildman–Crippen LogP) is 2.86. The van der Waals surface area contributed by atoms with Gasteiger partial charge in [-0.05, 0) is 65.9 Å². The number of methoxy groups -OCH3 is 1. The van der Waals surface area contributed by atoms with Crippen molar-refractivity contribution in [2.75, 3.05) is 25.2 Å². The number of rotatable bonds is 10. The summed E-state index contributed by atoms with van der Waals surface area (Å²) in [6.45, 7) is 0.222. The van der Waals surface area contributed by atoms with E-state index in [0.29, 0.717) is 35.4 Å². The number of phenolic OH excluding ortho intramolecular Hbond substituents is 1. The van der Waals surface area contributed by atoms with Crippen LogP contribution in [0, 0.1) is 0 Å². The van der Waals surface area contributed by atoms with Gasteiger partial charge in [0, 0.05) is 24.2 Å². The van der Waals surface area contributed by atoms with E-state index in [4.69, 9.17) is 4.74 Å². The Morgan fingerprint density at radius 2 is 1.68 bits per heavy atom. The van der Waals surface area contributed by atoms with Crippen molar-refractivity contribution in [3.8, 4) is 22.6 Å². The fourth-order valence-electron chi connectivity index (χ4n) is 4.70. The van der Waals surface area contributed by atoms with E-state index in [2.05, 4.69) is 10.6 Å². The van der Waals surface area contributed by atoms with Gasteiger partial charge >= 0.3 is 5.97 Å². The number of hydrogen-bond donors (Lipinski definition) is 4. The molecule has 1 aliphatic rings. The van der Waals surface area contributed by atoms with Gasteiger partial charge in [0.15, 0.2) is 11.5 Å². The lowest BCUT2D eigenvalue weighted by Gasteiger charge is -2.23. The summed E-state index contributed by atoms with van der Waals surface area (Å²) in [5.41, 5.74) is 3.18. The number of carboxylic acid groups (broad SMARTS) is 1. The summed E-state index contributed by atoms with van der Waals surface area (Å²) >= 11 is 0. The summed E-state index contributed by atoms with van der Waals surface area (Å²) in [5, 5.41) is 24.7. The number of aromatic hydroxyl groups is 1. The Hall–Kier alpha value is -4.42. The van der Waals surface area contributed by atoms with Crippen molar-refractivity contribution in [3.05, 3.63) is 77.9 Å². The maximum absolute atomic E-state index is 12.8. The van der Waals surface area contributed by atoms with Crippen LogP contribution in [-0.4, -0.2) is 72.7 Å². The Bertz CT molecular complexity index is 1540. The molecule has 0 bridgehead atoms. The molecule has 11 nitrogen and oxygen atoms in total. The van der Waals surface area contributed by atoms with Crippen LogP contribution < -0.4 is 15.4 Å². The lowest BCUT2D eigenvalue weighted by Crippen LogP contribution is -2.51. The SMILES string of the molecule is COc1cc(-c2ccc(C(=O)Nc3ccc(CC(NC(=O)[C@@H]4CCCN4S(C)(=O)=O)C(=O)O)cc3)cc2)ccc1O. The van der Waals surface area contributed by atoms with Crippen molar-refractivity contribution < 1.29 is 37.8 Å². The van der Waals surface area contributed by atoms with Gasteiger partial charge in [-0.3, -0.25) is 9.59 Å². The summed E-state index contributed by atoms with van der Waals surface area (Å²) in [7, 11) is -2.12. The number of nitrogens with one attached hydrogen (secondary N) is 2. The molecule has 1 heterocycles. The number of carboxylic acids is 1. The maximum Gasteiger partial charge on any atom is 0.326 e. The first-order valence-electron chi connectivity index (χ1n) is 12.8. The van der Waals surface area contributed by atoms with Crippen molar-refractivity contribution >= 4 is 33.5 Å². The molecule has 2 amide bonds. The third kappa shape index (κ3) is 7.21. The molecular weight excluding hydrogens is 550 g/mol. The smallest absolute Gasteiger partial charge is 0.326 e. The number of anilines is 1. The van der Waals surface area contributed by atoms with Crippen LogP contribution in [-0.2, 0) is 26.0 Å². The molecule has 4 N–H and O–H groups in total. The molecule has 3 aromatic carbocycles. The predicted molar refractivity (Wildman–Crippen MR) is 152 cm³/mol. The van der Waals surface area contributed by atoms with Crippen LogP contribution in [0.15, 0.2) is 66.7 Å². The first-order chi connectivity index (χ1) is 19.5. The third-order valence-electron chi connectivity index (χ3n) is 6.86. The standard InChI is InChI=1S/C29H31N3O8S/c1-40-26-17-21(11-14-25(26)33)19-7-9-20(10-8-19)27(34)30-22-12-5-18(6-13-22)16-23(29(36)37)31-28(35)24-4-3-15-32(24)41(2,38)39/h5-14,17,23-24,33H,3-4,15-16H2,1-2H3,(H,30,34)(H,31,35)(H,36,37)/t23?,24-/m0/s1. The quantitative estimate of drug-likeness (QED) is 0.284. The van der Waals surface area contributed by atoms with Crippen LogP contribution in [0.1, 0.15) is 28.8 Å².